The zero-order valence-corrected chi connectivity index (χ0v) is 22.8. The van der Waals surface area contributed by atoms with Gasteiger partial charge >= 0.3 is 0 Å². The Morgan fingerprint density at radius 3 is 2.17 bits per heavy atom. The second kappa shape index (κ2) is 18.7. The fourth-order valence-electron chi connectivity index (χ4n) is 5.77. The van der Waals surface area contributed by atoms with Crippen molar-refractivity contribution in [3.8, 4) is 0 Å². The van der Waals surface area contributed by atoms with Gasteiger partial charge in [-0.25, -0.2) is 0 Å². The van der Waals surface area contributed by atoms with E-state index in [0.29, 0.717) is 23.3 Å². The van der Waals surface area contributed by atoms with Crippen LogP contribution in [0.25, 0.3) is 0 Å². The molecule has 2 aliphatic heterocycles. The van der Waals surface area contributed by atoms with Crippen LogP contribution >= 0.6 is 11.6 Å². The summed E-state index contributed by atoms with van der Waals surface area (Å²) < 4.78 is 0. The Kier molecular flexibility index (Phi) is 20.8. The summed E-state index contributed by atoms with van der Waals surface area (Å²) in [5, 5.41) is 4.92. The van der Waals surface area contributed by atoms with E-state index >= 15 is 0 Å². The Balaban J connectivity index is -0.00000205. The maximum absolute atomic E-state index is 6.20. The van der Waals surface area contributed by atoms with Gasteiger partial charge in [0.1, 0.15) is 0 Å². The highest BCUT2D eigenvalue weighted by Gasteiger charge is 2.38. The van der Waals surface area contributed by atoms with Crippen LogP contribution in [0.1, 0.15) is 80.1 Å². The lowest BCUT2D eigenvalue weighted by Crippen LogP contribution is -2.52. The Morgan fingerprint density at radius 1 is 0.971 bits per heavy atom. The van der Waals surface area contributed by atoms with E-state index in [-0.39, 0.29) is 29.3 Å². The van der Waals surface area contributed by atoms with Crippen molar-refractivity contribution in [3.05, 3.63) is 22.8 Å². The topological polar surface area (TPSA) is 145 Å². The fourth-order valence-corrected chi connectivity index (χ4v) is 5.93. The smallest absolute Gasteiger partial charge is 0.0217 e. The van der Waals surface area contributed by atoms with Crippen molar-refractivity contribution in [1.29, 1.82) is 0 Å². The molecule has 0 spiro atoms. The van der Waals surface area contributed by atoms with E-state index in [1.807, 2.05) is 0 Å². The summed E-state index contributed by atoms with van der Waals surface area (Å²) in [5.74, 6) is 1.38. The second-order valence-electron chi connectivity index (χ2n) is 11.0. The highest BCUT2D eigenvalue weighted by atomic mass is 35.5. The van der Waals surface area contributed by atoms with E-state index in [1.165, 1.54) is 71.4 Å². The van der Waals surface area contributed by atoms with Gasteiger partial charge in [-0.2, -0.15) is 0 Å². The summed E-state index contributed by atoms with van der Waals surface area (Å²) in [4.78, 5) is 5.36. The maximum Gasteiger partial charge on any atom is 0.0217 e. The van der Waals surface area contributed by atoms with Crippen LogP contribution in [0, 0.1) is 17.3 Å². The van der Waals surface area contributed by atoms with Gasteiger partial charge in [0.05, 0.1) is 0 Å². The Bertz CT molecular complexity index is 607. The van der Waals surface area contributed by atoms with Gasteiger partial charge in [-0.3, -0.25) is 0 Å². The number of halogens is 1. The van der Waals surface area contributed by atoms with Crippen molar-refractivity contribution in [3.63, 3.8) is 0 Å². The summed E-state index contributed by atoms with van der Waals surface area (Å²) in [6.45, 7) is 18.4. The van der Waals surface area contributed by atoms with Crippen LogP contribution in [0.4, 0.5) is 0 Å². The molecule has 8 heteroatoms. The van der Waals surface area contributed by atoms with E-state index in [1.54, 1.807) is 5.57 Å². The molecule has 0 aromatic rings. The first-order chi connectivity index (χ1) is 14.3. The van der Waals surface area contributed by atoms with Gasteiger partial charge in [0.25, 0.3) is 0 Å². The quantitative estimate of drug-likeness (QED) is 0.439. The molecule has 0 bridgehead atoms. The van der Waals surface area contributed by atoms with Crippen LogP contribution < -0.4 is 5.32 Å². The minimum atomic E-state index is 0. The molecule has 35 heavy (non-hydrogen) atoms. The largest absolute Gasteiger partial charge is 0.412 e. The van der Waals surface area contributed by atoms with Gasteiger partial charge in [-0.15, -0.1) is 0 Å². The molecule has 0 radical (unpaired) electrons. The summed E-state index contributed by atoms with van der Waals surface area (Å²) in [6.07, 6.45) is 13.4. The molecule has 3 rings (SSSR count). The molecule has 212 valence electrons. The number of piperidine rings is 1. The number of allylic oxidation sites excluding steroid dienone is 4. The third kappa shape index (κ3) is 12.1. The zero-order chi connectivity index (χ0) is 21.6. The molecular formula is C27H58ClN3O4. The maximum atomic E-state index is 6.20. The van der Waals surface area contributed by atoms with Crippen molar-refractivity contribution in [2.75, 3.05) is 45.8 Å². The molecule has 2 heterocycles. The van der Waals surface area contributed by atoms with Gasteiger partial charge in [0.15, 0.2) is 0 Å². The second-order valence-corrected chi connectivity index (χ2v) is 11.5. The lowest BCUT2D eigenvalue weighted by atomic mass is 9.68. The van der Waals surface area contributed by atoms with Crippen molar-refractivity contribution in [2.24, 2.45) is 17.3 Å². The molecule has 9 N–H and O–H groups in total. The van der Waals surface area contributed by atoms with Crippen LogP contribution in [-0.2, 0) is 0 Å². The number of nitrogens with one attached hydrogen (secondary N) is 1. The van der Waals surface area contributed by atoms with Crippen LogP contribution in [-0.4, -0.2) is 83.6 Å². The molecule has 1 aliphatic carbocycles. The van der Waals surface area contributed by atoms with Crippen molar-refractivity contribution in [1.82, 2.24) is 15.1 Å². The molecular weight excluding hydrogens is 466 g/mol. The van der Waals surface area contributed by atoms with Crippen molar-refractivity contribution >= 4 is 11.6 Å². The minimum Gasteiger partial charge on any atom is -0.412 e. The van der Waals surface area contributed by atoms with E-state index in [0.717, 1.165) is 24.4 Å². The van der Waals surface area contributed by atoms with Crippen LogP contribution in [0.5, 0.6) is 0 Å². The standard InChI is InChI=1S/C26H46ClN3.CH4.4H2O/c1-21(2)25(28-14-5-6-15-29-16-7-8-17-29)19-30-18-13-24(26(3,4)20-30)22-9-11-23(27)12-10-22;;;;;/h9,11,21,24-25,28H,5-8,10,12-20H2,1-4H3;1H4;4*1H2/t24?,25-;;;;;/m0...../s1. The molecule has 2 fully saturated rings. The predicted molar refractivity (Wildman–Crippen MR) is 152 cm³/mol. The molecule has 2 atom stereocenters. The highest BCUT2D eigenvalue weighted by molar-refractivity contribution is 6.29. The summed E-state index contributed by atoms with van der Waals surface area (Å²) in [7, 11) is 0. The molecule has 0 aromatic carbocycles. The summed E-state index contributed by atoms with van der Waals surface area (Å²) in [6, 6.07) is 0.597. The molecule has 7 nitrogen and oxygen atoms in total. The summed E-state index contributed by atoms with van der Waals surface area (Å²) in [5.41, 5.74) is 1.96. The third-order valence-corrected chi connectivity index (χ3v) is 7.97. The Hall–Kier alpha value is -0.510. The molecule has 3 aliphatic rings. The first-order valence-electron chi connectivity index (χ1n) is 12.6. The Labute approximate surface area is 220 Å². The SMILES string of the molecule is C.CC(C)[C@H](CN1CCC(C2=CC=C(Cl)CC2)C(C)(C)C1)NCCCCN1CCCC1.O.O.O.O. The lowest BCUT2D eigenvalue weighted by Gasteiger charge is -2.47. The molecule has 1 unspecified atom stereocenters. The minimum absolute atomic E-state index is 0. The molecule has 0 aromatic heterocycles. The third-order valence-electron chi connectivity index (χ3n) is 7.65. The number of likely N-dealkylation sites (tertiary alicyclic amines) is 2. The van der Waals surface area contributed by atoms with Crippen LogP contribution in [0.2, 0.25) is 0 Å². The molecule has 0 saturated carbocycles. The van der Waals surface area contributed by atoms with E-state index in [9.17, 15) is 0 Å². The van der Waals surface area contributed by atoms with E-state index in [4.69, 9.17) is 11.6 Å². The lowest BCUT2D eigenvalue weighted by molar-refractivity contribution is 0.0604. The zero-order valence-electron chi connectivity index (χ0n) is 22.1. The van der Waals surface area contributed by atoms with Crippen molar-refractivity contribution in [2.45, 2.75) is 86.1 Å². The van der Waals surface area contributed by atoms with Gasteiger partial charge in [0, 0.05) is 24.2 Å². The van der Waals surface area contributed by atoms with Gasteiger partial charge in [-0.05, 0) is 101 Å². The number of hydrogen-bond donors (Lipinski definition) is 1. The monoisotopic (exact) mass is 523 g/mol. The highest BCUT2D eigenvalue weighted by Crippen LogP contribution is 2.42. The van der Waals surface area contributed by atoms with E-state index < -0.39 is 0 Å². The van der Waals surface area contributed by atoms with Crippen molar-refractivity contribution < 1.29 is 21.9 Å². The van der Waals surface area contributed by atoms with Gasteiger partial charge < -0.3 is 37.0 Å². The molecule has 2 saturated heterocycles. The average Bonchev–Trinajstić information content (AvgIpc) is 3.20. The summed E-state index contributed by atoms with van der Waals surface area (Å²) >= 11 is 6.20. The van der Waals surface area contributed by atoms with Gasteiger partial charge in [0.2, 0.25) is 0 Å². The average molecular weight is 524 g/mol. The number of hydrogen-bond acceptors (Lipinski definition) is 3. The fraction of sp³-hybridized carbons (Fsp3) is 0.852. The number of unbranched alkanes of at least 4 members (excludes halogenated alkanes) is 1. The normalized spacial score (nSPS) is 22.9. The first kappa shape index (κ1) is 39.0. The van der Waals surface area contributed by atoms with Crippen LogP contribution in [0.15, 0.2) is 22.8 Å². The number of rotatable bonds is 10. The Morgan fingerprint density at radius 2 is 1.63 bits per heavy atom. The van der Waals surface area contributed by atoms with E-state index in [2.05, 4.69) is 55.0 Å². The predicted octanol–water partition coefficient (Wildman–Crippen LogP) is 3.00. The van der Waals surface area contributed by atoms with Gasteiger partial charge in [-0.1, -0.05) is 58.4 Å². The molecule has 0 amide bonds. The number of nitrogens with zero attached hydrogens (tertiary/aromatic N) is 2. The first-order valence-corrected chi connectivity index (χ1v) is 13.0. The van der Waals surface area contributed by atoms with Crippen LogP contribution in [0.3, 0.4) is 0 Å².